The number of amides is 1. The molecule has 0 saturated heterocycles. The summed E-state index contributed by atoms with van der Waals surface area (Å²) < 4.78 is 6.36. The molecule has 1 amide bonds. The van der Waals surface area contributed by atoms with Gasteiger partial charge in [0.25, 0.3) is 0 Å². The predicted octanol–water partition coefficient (Wildman–Crippen LogP) is 2.56. The molecular formula is C21H17NO7S. The van der Waals surface area contributed by atoms with Crippen molar-refractivity contribution >= 4 is 45.2 Å². The van der Waals surface area contributed by atoms with E-state index in [1.54, 1.807) is 30.3 Å². The van der Waals surface area contributed by atoms with Crippen molar-refractivity contribution in [2.75, 3.05) is 6.54 Å². The highest BCUT2D eigenvalue weighted by Gasteiger charge is 2.21. The summed E-state index contributed by atoms with van der Waals surface area (Å²) in [6.07, 6.45) is 0.0692. The lowest BCUT2D eigenvalue weighted by molar-refractivity contribution is -0.150. The quantitative estimate of drug-likeness (QED) is 0.300. The Balaban J connectivity index is 1.61. The number of hydrogen-bond acceptors (Lipinski definition) is 6. The van der Waals surface area contributed by atoms with E-state index < -0.39 is 29.7 Å². The van der Waals surface area contributed by atoms with Crippen molar-refractivity contribution in [3.8, 4) is 5.75 Å². The van der Waals surface area contributed by atoms with Crippen LogP contribution in [0.25, 0.3) is 10.1 Å². The molecule has 0 fully saturated rings. The Morgan fingerprint density at radius 1 is 1.00 bits per heavy atom. The molecule has 0 aliphatic carbocycles. The molecule has 0 saturated carbocycles. The van der Waals surface area contributed by atoms with Crippen LogP contribution in [0.5, 0.6) is 5.75 Å². The third-order valence-electron chi connectivity index (χ3n) is 4.30. The van der Waals surface area contributed by atoms with Gasteiger partial charge in [-0.3, -0.25) is 9.59 Å². The Hall–Kier alpha value is -3.72. The lowest BCUT2D eigenvalue weighted by Crippen LogP contribution is -2.37. The zero-order chi connectivity index (χ0) is 21.7. The van der Waals surface area contributed by atoms with Gasteiger partial charge in [0.1, 0.15) is 10.6 Å². The lowest BCUT2D eigenvalue weighted by Gasteiger charge is -2.13. The van der Waals surface area contributed by atoms with Gasteiger partial charge in [0.15, 0.2) is 0 Å². The molecule has 30 heavy (non-hydrogen) atoms. The minimum absolute atomic E-state index is 0.0692. The summed E-state index contributed by atoms with van der Waals surface area (Å²) in [6.45, 7) is -0.316. The third kappa shape index (κ3) is 5.21. The van der Waals surface area contributed by atoms with Gasteiger partial charge >= 0.3 is 23.8 Å². The third-order valence-corrected chi connectivity index (χ3v) is 5.39. The fourth-order valence-corrected chi connectivity index (χ4v) is 3.70. The number of carboxylic acid groups (broad SMARTS) is 2. The summed E-state index contributed by atoms with van der Waals surface area (Å²) in [5, 5.41) is 20.8. The van der Waals surface area contributed by atoms with Crippen molar-refractivity contribution in [3.63, 3.8) is 0 Å². The second-order valence-electron chi connectivity index (χ2n) is 6.44. The second-order valence-corrected chi connectivity index (χ2v) is 7.52. The summed E-state index contributed by atoms with van der Waals surface area (Å²) in [4.78, 5) is 45.8. The van der Waals surface area contributed by atoms with Gasteiger partial charge < -0.3 is 20.3 Å². The van der Waals surface area contributed by atoms with E-state index in [2.05, 4.69) is 5.32 Å². The molecule has 8 nitrogen and oxygen atoms in total. The first kappa shape index (κ1) is 21.0. The molecule has 1 heterocycles. The zero-order valence-corrected chi connectivity index (χ0v) is 16.3. The largest absolute Gasteiger partial charge is 0.481 e. The number of esters is 1. The average molecular weight is 427 g/mol. The summed E-state index contributed by atoms with van der Waals surface area (Å²) in [6, 6.07) is 15.7. The van der Waals surface area contributed by atoms with Crippen LogP contribution in [0.2, 0.25) is 0 Å². The lowest BCUT2D eigenvalue weighted by atomic mass is 9.99. The Morgan fingerprint density at radius 3 is 2.33 bits per heavy atom. The van der Waals surface area contributed by atoms with Gasteiger partial charge in [0.2, 0.25) is 0 Å². The van der Waals surface area contributed by atoms with E-state index in [9.17, 15) is 24.3 Å². The van der Waals surface area contributed by atoms with Crippen LogP contribution in [0.3, 0.4) is 0 Å². The van der Waals surface area contributed by atoms with Crippen molar-refractivity contribution < 1.29 is 34.1 Å². The SMILES string of the molecule is O=C(O)C(=O)NCC(Cc1ccc(OC(=O)c2cc3ccccc3s2)cc1)C(=O)O. The van der Waals surface area contributed by atoms with Crippen LogP contribution in [-0.2, 0) is 20.8 Å². The maximum Gasteiger partial charge on any atom is 0.394 e. The highest BCUT2D eigenvalue weighted by Crippen LogP contribution is 2.26. The molecule has 3 N–H and O–H groups in total. The van der Waals surface area contributed by atoms with Crippen LogP contribution in [0.4, 0.5) is 0 Å². The van der Waals surface area contributed by atoms with E-state index >= 15 is 0 Å². The predicted molar refractivity (Wildman–Crippen MR) is 109 cm³/mol. The van der Waals surface area contributed by atoms with Crippen molar-refractivity contribution in [1.82, 2.24) is 5.32 Å². The topological polar surface area (TPSA) is 130 Å². The van der Waals surface area contributed by atoms with Crippen LogP contribution in [0.1, 0.15) is 15.2 Å². The van der Waals surface area contributed by atoms with Crippen LogP contribution < -0.4 is 10.1 Å². The van der Waals surface area contributed by atoms with Gasteiger partial charge in [-0.15, -0.1) is 11.3 Å². The number of hydrogen-bond donors (Lipinski definition) is 3. The molecule has 0 bridgehead atoms. The summed E-state index contributed by atoms with van der Waals surface area (Å²) in [7, 11) is 0. The maximum absolute atomic E-state index is 12.4. The number of carboxylic acids is 2. The van der Waals surface area contributed by atoms with Crippen molar-refractivity contribution in [2.45, 2.75) is 6.42 Å². The van der Waals surface area contributed by atoms with Gasteiger partial charge in [-0.05, 0) is 41.6 Å². The van der Waals surface area contributed by atoms with Crippen LogP contribution in [0, 0.1) is 5.92 Å². The zero-order valence-electron chi connectivity index (χ0n) is 15.5. The Morgan fingerprint density at radius 2 is 1.70 bits per heavy atom. The number of fused-ring (bicyclic) bond motifs is 1. The molecule has 1 aromatic heterocycles. The molecule has 2 aromatic carbocycles. The Kier molecular flexibility index (Phi) is 6.43. The van der Waals surface area contributed by atoms with Gasteiger partial charge in [-0.1, -0.05) is 30.3 Å². The van der Waals surface area contributed by atoms with Gasteiger partial charge in [0.05, 0.1) is 5.92 Å². The number of carbonyl (C=O) groups is 4. The van der Waals surface area contributed by atoms with E-state index in [4.69, 9.17) is 9.84 Å². The first-order valence-electron chi connectivity index (χ1n) is 8.87. The van der Waals surface area contributed by atoms with Crippen molar-refractivity contribution in [3.05, 3.63) is 65.0 Å². The number of ether oxygens (including phenoxy) is 1. The Labute approximate surface area is 174 Å². The molecule has 0 radical (unpaired) electrons. The highest BCUT2D eigenvalue weighted by atomic mass is 32.1. The minimum Gasteiger partial charge on any atom is -0.481 e. The number of aliphatic carboxylic acids is 2. The highest BCUT2D eigenvalue weighted by molar-refractivity contribution is 7.20. The first-order valence-corrected chi connectivity index (χ1v) is 9.69. The molecular weight excluding hydrogens is 410 g/mol. The van der Waals surface area contributed by atoms with E-state index in [0.29, 0.717) is 16.2 Å². The van der Waals surface area contributed by atoms with Crippen molar-refractivity contribution in [1.29, 1.82) is 0 Å². The molecule has 3 rings (SSSR count). The number of benzene rings is 2. The number of nitrogens with one attached hydrogen (secondary N) is 1. The average Bonchev–Trinajstić information content (AvgIpc) is 3.16. The molecule has 1 atom stereocenters. The Bertz CT molecular complexity index is 1070. The smallest absolute Gasteiger partial charge is 0.394 e. The normalized spacial score (nSPS) is 11.6. The summed E-state index contributed by atoms with van der Waals surface area (Å²) in [5.74, 6) is -5.27. The maximum atomic E-state index is 12.4. The van der Waals surface area contributed by atoms with Gasteiger partial charge in [-0.2, -0.15) is 0 Å². The molecule has 0 spiro atoms. The number of carbonyl (C=O) groups excluding carboxylic acids is 2. The molecule has 9 heteroatoms. The van der Waals surface area contributed by atoms with Crippen LogP contribution in [0.15, 0.2) is 54.6 Å². The van der Waals surface area contributed by atoms with Crippen molar-refractivity contribution in [2.24, 2.45) is 5.92 Å². The standard InChI is InChI=1S/C21H17NO7S/c23-18(20(26)27)22-11-14(19(24)25)9-12-5-7-15(8-6-12)29-21(28)17-10-13-3-1-2-4-16(13)30-17/h1-8,10,14H,9,11H2,(H,22,23)(H,24,25)(H,26,27). The molecule has 0 aliphatic rings. The van der Waals surface area contributed by atoms with E-state index in [0.717, 1.165) is 10.1 Å². The van der Waals surface area contributed by atoms with E-state index in [1.807, 2.05) is 24.3 Å². The molecule has 0 aliphatic heterocycles. The molecule has 3 aromatic rings. The minimum atomic E-state index is -1.68. The van der Waals surface area contributed by atoms with Crippen LogP contribution in [-0.4, -0.2) is 40.6 Å². The molecule has 1 unspecified atom stereocenters. The fraction of sp³-hybridized carbons (Fsp3) is 0.143. The summed E-state index contributed by atoms with van der Waals surface area (Å²) >= 11 is 1.33. The van der Waals surface area contributed by atoms with Crippen LogP contribution >= 0.6 is 11.3 Å². The number of rotatable bonds is 7. The van der Waals surface area contributed by atoms with E-state index in [-0.39, 0.29) is 13.0 Å². The fourth-order valence-electron chi connectivity index (χ4n) is 2.76. The number of thiophene rings is 1. The summed E-state index contributed by atoms with van der Waals surface area (Å²) in [5.41, 5.74) is 0.633. The van der Waals surface area contributed by atoms with E-state index in [1.165, 1.54) is 11.3 Å². The van der Waals surface area contributed by atoms with Gasteiger partial charge in [-0.25, -0.2) is 9.59 Å². The van der Waals surface area contributed by atoms with Gasteiger partial charge in [0, 0.05) is 11.2 Å². The second kappa shape index (κ2) is 9.19. The monoisotopic (exact) mass is 427 g/mol. The molecule has 154 valence electrons. The first-order chi connectivity index (χ1) is 14.3.